The van der Waals surface area contributed by atoms with Crippen LogP contribution in [0, 0.1) is 6.92 Å². The van der Waals surface area contributed by atoms with Crippen molar-refractivity contribution in [1.29, 1.82) is 0 Å². The van der Waals surface area contributed by atoms with Crippen LogP contribution in [-0.2, 0) is 0 Å². The molecule has 0 aliphatic rings. The van der Waals surface area contributed by atoms with Gasteiger partial charge in [0, 0.05) is 5.56 Å². The third kappa shape index (κ3) is 2.59. The van der Waals surface area contributed by atoms with E-state index in [1.54, 1.807) is 0 Å². The summed E-state index contributed by atoms with van der Waals surface area (Å²) in [4.78, 5) is 8.29. The number of nitrogens with two attached hydrogens (primary N) is 1. The first-order valence-electron chi connectivity index (χ1n) is 6.02. The van der Waals surface area contributed by atoms with E-state index in [1.165, 1.54) is 6.33 Å². The third-order valence-electron chi connectivity index (χ3n) is 2.68. The van der Waals surface area contributed by atoms with Crippen molar-refractivity contribution in [3.8, 4) is 17.0 Å². The molecule has 94 valence electrons. The average Bonchev–Trinajstić information content (AvgIpc) is 2.40. The van der Waals surface area contributed by atoms with Crippen molar-refractivity contribution in [2.45, 2.75) is 20.3 Å². The minimum atomic E-state index is 0.625. The van der Waals surface area contributed by atoms with Gasteiger partial charge in [-0.1, -0.05) is 6.92 Å². The van der Waals surface area contributed by atoms with Crippen LogP contribution in [0.15, 0.2) is 30.6 Å². The van der Waals surface area contributed by atoms with E-state index in [2.05, 4.69) is 16.9 Å². The Hall–Kier alpha value is -2.10. The van der Waals surface area contributed by atoms with E-state index >= 15 is 0 Å². The Morgan fingerprint density at radius 1 is 1.17 bits per heavy atom. The van der Waals surface area contributed by atoms with Crippen molar-refractivity contribution in [3.05, 3.63) is 36.3 Å². The molecule has 1 aromatic heterocycles. The zero-order valence-electron chi connectivity index (χ0n) is 10.7. The van der Waals surface area contributed by atoms with Crippen LogP contribution in [0.5, 0.6) is 5.75 Å². The van der Waals surface area contributed by atoms with Crippen molar-refractivity contribution in [3.63, 3.8) is 0 Å². The number of rotatable bonds is 4. The fraction of sp³-hybridized carbons (Fsp3) is 0.286. The summed E-state index contributed by atoms with van der Waals surface area (Å²) < 4.78 is 5.54. The average molecular weight is 243 g/mol. The van der Waals surface area contributed by atoms with Gasteiger partial charge in [0.05, 0.1) is 23.7 Å². The Labute approximate surface area is 107 Å². The predicted octanol–water partition coefficient (Wildman–Crippen LogP) is 2.82. The van der Waals surface area contributed by atoms with Crippen LogP contribution in [0.25, 0.3) is 11.3 Å². The van der Waals surface area contributed by atoms with Gasteiger partial charge in [-0.25, -0.2) is 9.97 Å². The molecule has 0 fully saturated rings. The van der Waals surface area contributed by atoms with E-state index in [0.29, 0.717) is 5.69 Å². The first kappa shape index (κ1) is 12.4. The Balaban J connectivity index is 2.26. The molecular formula is C14H17N3O. The smallest absolute Gasteiger partial charge is 0.119 e. The summed E-state index contributed by atoms with van der Waals surface area (Å²) in [7, 11) is 0. The summed E-state index contributed by atoms with van der Waals surface area (Å²) in [6.07, 6.45) is 2.53. The van der Waals surface area contributed by atoms with Gasteiger partial charge in [0.2, 0.25) is 0 Å². The molecule has 0 bridgehead atoms. The second kappa shape index (κ2) is 5.49. The van der Waals surface area contributed by atoms with Crippen LogP contribution in [0.3, 0.4) is 0 Å². The zero-order valence-corrected chi connectivity index (χ0v) is 10.7. The predicted molar refractivity (Wildman–Crippen MR) is 72.4 cm³/mol. The summed E-state index contributed by atoms with van der Waals surface area (Å²) in [6, 6.07) is 7.79. The number of aromatic nitrogens is 2. The molecule has 0 unspecified atom stereocenters. The first-order chi connectivity index (χ1) is 8.72. The van der Waals surface area contributed by atoms with Gasteiger partial charge >= 0.3 is 0 Å². The number of ether oxygens (including phenoxy) is 1. The Bertz CT molecular complexity index is 523. The van der Waals surface area contributed by atoms with E-state index in [-0.39, 0.29) is 0 Å². The molecule has 0 saturated carbocycles. The fourth-order valence-electron chi connectivity index (χ4n) is 1.64. The van der Waals surface area contributed by atoms with Crippen molar-refractivity contribution in [1.82, 2.24) is 9.97 Å². The third-order valence-corrected chi connectivity index (χ3v) is 2.68. The highest BCUT2D eigenvalue weighted by molar-refractivity contribution is 5.73. The van der Waals surface area contributed by atoms with Gasteiger partial charge in [-0.3, -0.25) is 0 Å². The Kier molecular flexibility index (Phi) is 3.77. The maximum Gasteiger partial charge on any atom is 0.119 e. The van der Waals surface area contributed by atoms with Crippen LogP contribution in [0.4, 0.5) is 5.69 Å². The number of nitrogen functional groups attached to an aromatic ring is 1. The molecule has 4 heteroatoms. The molecule has 0 radical (unpaired) electrons. The van der Waals surface area contributed by atoms with Gasteiger partial charge in [-0.2, -0.15) is 0 Å². The van der Waals surface area contributed by atoms with Crippen molar-refractivity contribution >= 4 is 5.69 Å². The number of benzene rings is 1. The topological polar surface area (TPSA) is 61.0 Å². The number of aryl methyl sites for hydroxylation is 1. The Morgan fingerprint density at radius 3 is 2.56 bits per heavy atom. The molecule has 2 N–H and O–H groups in total. The quantitative estimate of drug-likeness (QED) is 0.897. The highest BCUT2D eigenvalue weighted by atomic mass is 16.5. The summed E-state index contributed by atoms with van der Waals surface area (Å²) in [5.41, 5.74) is 9.14. The minimum absolute atomic E-state index is 0.625. The standard InChI is InChI=1S/C14H17N3O/c1-3-8-18-12-6-4-11(5-7-12)14-13(15)10(2)16-9-17-14/h4-7,9H,3,8,15H2,1-2H3. The van der Waals surface area contributed by atoms with Gasteiger partial charge in [-0.15, -0.1) is 0 Å². The lowest BCUT2D eigenvalue weighted by atomic mass is 10.1. The zero-order chi connectivity index (χ0) is 13.0. The minimum Gasteiger partial charge on any atom is -0.494 e. The van der Waals surface area contributed by atoms with Crippen molar-refractivity contribution < 1.29 is 4.74 Å². The number of hydrogen-bond acceptors (Lipinski definition) is 4. The van der Waals surface area contributed by atoms with Crippen LogP contribution >= 0.6 is 0 Å². The highest BCUT2D eigenvalue weighted by Gasteiger charge is 2.07. The molecule has 0 spiro atoms. The number of hydrogen-bond donors (Lipinski definition) is 1. The van der Waals surface area contributed by atoms with Gasteiger partial charge in [-0.05, 0) is 37.6 Å². The SMILES string of the molecule is CCCOc1ccc(-c2ncnc(C)c2N)cc1. The monoisotopic (exact) mass is 243 g/mol. The second-order valence-electron chi connectivity index (χ2n) is 4.09. The van der Waals surface area contributed by atoms with Gasteiger partial charge < -0.3 is 10.5 Å². The summed E-state index contributed by atoms with van der Waals surface area (Å²) >= 11 is 0. The molecule has 18 heavy (non-hydrogen) atoms. The molecular weight excluding hydrogens is 226 g/mol. The van der Waals surface area contributed by atoms with Crippen LogP contribution in [0.2, 0.25) is 0 Å². The van der Waals surface area contributed by atoms with Gasteiger partial charge in [0.15, 0.2) is 0 Å². The van der Waals surface area contributed by atoms with E-state index in [1.807, 2.05) is 31.2 Å². The summed E-state index contributed by atoms with van der Waals surface area (Å²) in [6.45, 7) is 4.69. The first-order valence-corrected chi connectivity index (χ1v) is 6.02. The molecule has 0 aliphatic carbocycles. The lowest BCUT2D eigenvalue weighted by Gasteiger charge is -2.08. The molecule has 0 amide bonds. The van der Waals surface area contributed by atoms with E-state index < -0.39 is 0 Å². The van der Waals surface area contributed by atoms with E-state index in [4.69, 9.17) is 10.5 Å². The van der Waals surface area contributed by atoms with Gasteiger partial charge in [0.25, 0.3) is 0 Å². The fourth-order valence-corrected chi connectivity index (χ4v) is 1.64. The number of nitrogens with zero attached hydrogens (tertiary/aromatic N) is 2. The maximum atomic E-state index is 5.98. The molecule has 2 rings (SSSR count). The molecule has 0 saturated heterocycles. The lowest BCUT2D eigenvalue weighted by molar-refractivity contribution is 0.317. The molecule has 0 atom stereocenters. The molecule has 1 heterocycles. The lowest BCUT2D eigenvalue weighted by Crippen LogP contribution is -1.99. The molecule has 0 aliphatic heterocycles. The van der Waals surface area contributed by atoms with E-state index in [0.717, 1.165) is 35.7 Å². The van der Waals surface area contributed by atoms with Crippen molar-refractivity contribution in [2.24, 2.45) is 0 Å². The van der Waals surface area contributed by atoms with Gasteiger partial charge in [0.1, 0.15) is 12.1 Å². The molecule has 1 aromatic carbocycles. The Morgan fingerprint density at radius 2 is 1.89 bits per heavy atom. The number of anilines is 1. The molecule has 2 aromatic rings. The van der Waals surface area contributed by atoms with Crippen LogP contribution < -0.4 is 10.5 Å². The maximum absolute atomic E-state index is 5.98. The molecule has 4 nitrogen and oxygen atoms in total. The van der Waals surface area contributed by atoms with Crippen molar-refractivity contribution in [2.75, 3.05) is 12.3 Å². The van der Waals surface area contributed by atoms with Crippen LogP contribution in [0.1, 0.15) is 19.0 Å². The second-order valence-corrected chi connectivity index (χ2v) is 4.09. The van der Waals surface area contributed by atoms with Crippen LogP contribution in [-0.4, -0.2) is 16.6 Å². The van der Waals surface area contributed by atoms with E-state index in [9.17, 15) is 0 Å². The summed E-state index contributed by atoms with van der Waals surface area (Å²) in [5.74, 6) is 0.866. The summed E-state index contributed by atoms with van der Waals surface area (Å²) in [5, 5.41) is 0. The normalized spacial score (nSPS) is 10.3. The highest BCUT2D eigenvalue weighted by Crippen LogP contribution is 2.26. The largest absolute Gasteiger partial charge is 0.494 e.